The highest BCUT2D eigenvalue weighted by atomic mass is 28.3. The molecule has 0 fully saturated rings. The number of ether oxygens (including phenoxy) is 1. The third-order valence-electron chi connectivity index (χ3n) is 3.69. The van der Waals surface area contributed by atoms with Crippen LogP contribution >= 0.6 is 0 Å². The molecule has 0 spiro atoms. The van der Waals surface area contributed by atoms with Gasteiger partial charge >= 0.3 is 0 Å². The van der Waals surface area contributed by atoms with E-state index in [1.807, 2.05) is 6.07 Å². The maximum atomic E-state index is 5.40. The smallest absolute Gasteiger partial charge is 0.133 e. The Morgan fingerprint density at radius 3 is 1.67 bits per heavy atom. The van der Waals surface area contributed by atoms with Crippen LogP contribution in [0.5, 0.6) is 5.75 Å². The Labute approximate surface area is 127 Å². The number of hydrogen-bond donors (Lipinski definition) is 0. The first-order valence-electron chi connectivity index (χ1n) is 7.12. The Hall–Kier alpha value is -2.32. The summed E-state index contributed by atoms with van der Waals surface area (Å²) >= 11 is 0. The molecule has 21 heavy (non-hydrogen) atoms. The van der Waals surface area contributed by atoms with Crippen LogP contribution in [0, 0.1) is 0 Å². The van der Waals surface area contributed by atoms with Gasteiger partial charge in [-0.1, -0.05) is 83.2 Å². The summed E-state index contributed by atoms with van der Waals surface area (Å²) in [4.78, 5) is 0. The molecule has 0 bridgehead atoms. The lowest BCUT2D eigenvalue weighted by Gasteiger charge is -2.17. The molecule has 0 aromatic heterocycles. The van der Waals surface area contributed by atoms with Crippen molar-refractivity contribution in [3.63, 3.8) is 0 Å². The molecule has 3 aromatic rings. The largest absolute Gasteiger partial charge is 0.497 e. The zero-order chi connectivity index (χ0) is 14.5. The summed E-state index contributed by atoms with van der Waals surface area (Å²) in [5.41, 5.74) is 0. The zero-order valence-electron chi connectivity index (χ0n) is 12.1. The van der Waals surface area contributed by atoms with Gasteiger partial charge in [0.05, 0.1) is 7.11 Å². The molecule has 0 radical (unpaired) electrons. The second kappa shape index (κ2) is 6.42. The predicted octanol–water partition coefficient (Wildman–Crippen LogP) is 1.94. The molecule has 3 aromatic carbocycles. The molecule has 0 aliphatic carbocycles. The number of benzene rings is 3. The summed E-state index contributed by atoms with van der Waals surface area (Å²) in [6.07, 6.45) is 0. The van der Waals surface area contributed by atoms with Crippen LogP contribution < -0.4 is 20.3 Å². The molecular weight excluding hydrogens is 272 g/mol. The molecule has 0 amide bonds. The van der Waals surface area contributed by atoms with Gasteiger partial charge in [-0.15, -0.1) is 0 Å². The van der Waals surface area contributed by atoms with E-state index in [-0.39, 0.29) is 0 Å². The van der Waals surface area contributed by atoms with E-state index in [0.717, 1.165) is 5.75 Å². The maximum Gasteiger partial charge on any atom is 0.133 e. The molecule has 0 heterocycles. The van der Waals surface area contributed by atoms with E-state index in [1.54, 1.807) is 7.11 Å². The van der Waals surface area contributed by atoms with Crippen LogP contribution in [0.25, 0.3) is 0 Å². The Kier molecular flexibility index (Phi) is 4.17. The van der Waals surface area contributed by atoms with Crippen LogP contribution in [0.4, 0.5) is 0 Å². The van der Waals surface area contributed by atoms with E-state index < -0.39 is 8.80 Å². The summed E-state index contributed by atoms with van der Waals surface area (Å²) in [6, 6.07) is 30.1. The highest BCUT2D eigenvalue weighted by Gasteiger charge is 2.18. The third kappa shape index (κ3) is 3.06. The fourth-order valence-electron chi connectivity index (χ4n) is 2.69. The lowest BCUT2D eigenvalue weighted by molar-refractivity contribution is 0.415. The minimum atomic E-state index is -1.43. The van der Waals surface area contributed by atoms with Gasteiger partial charge < -0.3 is 4.74 Å². The van der Waals surface area contributed by atoms with Crippen molar-refractivity contribution in [1.29, 1.82) is 0 Å². The lowest BCUT2D eigenvalue weighted by atomic mass is 10.3. The van der Waals surface area contributed by atoms with Crippen LogP contribution in [0.1, 0.15) is 0 Å². The van der Waals surface area contributed by atoms with Crippen molar-refractivity contribution in [3.05, 3.63) is 84.9 Å². The van der Waals surface area contributed by atoms with Gasteiger partial charge in [0.1, 0.15) is 14.5 Å². The van der Waals surface area contributed by atoms with Crippen molar-refractivity contribution in [2.24, 2.45) is 0 Å². The van der Waals surface area contributed by atoms with Gasteiger partial charge in [0.2, 0.25) is 0 Å². The van der Waals surface area contributed by atoms with Crippen molar-refractivity contribution in [2.45, 2.75) is 0 Å². The lowest BCUT2D eigenvalue weighted by Crippen LogP contribution is -2.51. The zero-order valence-corrected chi connectivity index (χ0v) is 13.2. The maximum absolute atomic E-state index is 5.40. The van der Waals surface area contributed by atoms with E-state index in [9.17, 15) is 0 Å². The standard InChI is InChI=1S/C19H18OSi/c1-20-16-9-8-14-19(15-16)21(17-10-4-2-5-11-17)18-12-6-3-7-13-18/h2-15,21H,1H3. The number of methoxy groups -OCH3 is 1. The van der Waals surface area contributed by atoms with Crippen LogP contribution in [-0.4, -0.2) is 15.9 Å². The molecule has 0 saturated heterocycles. The molecule has 104 valence electrons. The molecule has 2 heteroatoms. The third-order valence-corrected chi connectivity index (χ3v) is 6.82. The van der Waals surface area contributed by atoms with E-state index in [1.165, 1.54) is 15.6 Å². The van der Waals surface area contributed by atoms with Gasteiger partial charge in [-0.2, -0.15) is 0 Å². The number of rotatable bonds is 4. The normalized spacial score (nSPS) is 10.6. The summed E-state index contributed by atoms with van der Waals surface area (Å²) in [5, 5.41) is 4.24. The Morgan fingerprint density at radius 1 is 0.619 bits per heavy atom. The van der Waals surface area contributed by atoms with E-state index in [0.29, 0.717) is 0 Å². The molecule has 0 aliphatic heterocycles. The van der Waals surface area contributed by atoms with Crippen molar-refractivity contribution >= 4 is 24.4 Å². The van der Waals surface area contributed by atoms with Crippen LogP contribution in [0.3, 0.4) is 0 Å². The Balaban J connectivity index is 2.12. The first-order valence-corrected chi connectivity index (χ1v) is 8.85. The fraction of sp³-hybridized carbons (Fsp3) is 0.0526. The topological polar surface area (TPSA) is 9.23 Å². The summed E-state index contributed by atoms with van der Waals surface area (Å²) < 4.78 is 5.40. The SMILES string of the molecule is COc1cccc([SiH](c2ccccc2)c2ccccc2)c1. The van der Waals surface area contributed by atoms with Crippen molar-refractivity contribution in [3.8, 4) is 5.75 Å². The second-order valence-corrected chi connectivity index (χ2v) is 7.90. The first-order chi connectivity index (χ1) is 10.4. The quantitative estimate of drug-likeness (QED) is 0.527. The summed E-state index contributed by atoms with van der Waals surface area (Å²) in [5.74, 6) is 0.928. The first kappa shape index (κ1) is 13.7. The van der Waals surface area contributed by atoms with E-state index >= 15 is 0 Å². The van der Waals surface area contributed by atoms with E-state index in [2.05, 4.69) is 78.9 Å². The molecule has 3 rings (SSSR count). The average Bonchev–Trinajstić information content (AvgIpc) is 2.57. The minimum Gasteiger partial charge on any atom is -0.497 e. The molecule has 0 atom stereocenters. The van der Waals surface area contributed by atoms with Gasteiger partial charge in [0.15, 0.2) is 0 Å². The van der Waals surface area contributed by atoms with E-state index in [4.69, 9.17) is 4.74 Å². The van der Waals surface area contributed by atoms with Gasteiger partial charge in [0.25, 0.3) is 0 Å². The summed E-state index contributed by atoms with van der Waals surface area (Å²) in [7, 11) is 0.292. The van der Waals surface area contributed by atoms with Crippen LogP contribution in [0.2, 0.25) is 0 Å². The van der Waals surface area contributed by atoms with Gasteiger partial charge in [-0.3, -0.25) is 0 Å². The highest BCUT2D eigenvalue weighted by molar-refractivity contribution is 6.95. The molecule has 1 nitrogen and oxygen atoms in total. The number of hydrogen-bond acceptors (Lipinski definition) is 1. The van der Waals surface area contributed by atoms with Gasteiger partial charge in [-0.25, -0.2) is 0 Å². The molecular formula is C19H18OSi. The Morgan fingerprint density at radius 2 is 1.14 bits per heavy atom. The Bertz CT molecular complexity index is 656. The molecule has 0 aliphatic rings. The van der Waals surface area contributed by atoms with Crippen molar-refractivity contribution in [1.82, 2.24) is 0 Å². The molecule has 0 saturated carbocycles. The van der Waals surface area contributed by atoms with Crippen LogP contribution in [-0.2, 0) is 0 Å². The molecule has 0 unspecified atom stereocenters. The van der Waals surface area contributed by atoms with Crippen molar-refractivity contribution in [2.75, 3.05) is 7.11 Å². The van der Waals surface area contributed by atoms with Crippen LogP contribution in [0.15, 0.2) is 84.9 Å². The minimum absolute atomic E-state index is 0.928. The fourth-order valence-corrected chi connectivity index (χ4v) is 5.69. The average molecular weight is 290 g/mol. The second-order valence-electron chi connectivity index (χ2n) is 5.03. The predicted molar refractivity (Wildman–Crippen MR) is 91.9 cm³/mol. The van der Waals surface area contributed by atoms with Crippen molar-refractivity contribution < 1.29 is 4.74 Å². The molecule has 0 N–H and O–H groups in total. The summed E-state index contributed by atoms with van der Waals surface area (Å²) in [6.45, 7) is 0. The van der Waals surface area contributed by atoms with Gasteiger partial charge in [-0.05, 0) is 17.3 Å². The monoisotopic (exact) mass is 290 g/mol. The highest BCUT2D eigenvalue weighted by Crippen LogP contribution is 2.07. The van der Waals surface area contributed by atoms with Gasteiger partial charge in [0, 0.05) is 0 Å².